The largest absolute Gasteiger partial charge is 0.377 e. The maximum absolute atomic E-state index is 4.38. The van der Waals surface area contributed by atoms with Gasteiger partial charge in [0.2, 0.25) is 0 Å². The highest BCUT2D eigenvalue weighted by atomic mass is 15.0. The Labute approximate surface area is 114 Å². The number of rotatable bonds is 0. The molecule has 2 aromatic rings. The fraction of sp³-hybridized carbons (Fsp3) is 0.222. The lowest BCUT2D eigenvalue weighted by Gasteiger charge is -2.19. The van der Waals surface area contributed by atoms with Crippen molar-refractivity contribution in [3.05, 3.63) is 71.8 Å². The maximum Gasteiger partial charge on any atom is 0.0583 e. The summed E-state index contributed by atoms with van der Waals surface area (Å²) in [6.45, 7) is 4.38. The zero-order chi connectivity index (χ0) is 12.8. The minimum absolute atomic E-state index is 0.362. The molecule has 1 heteroatoms. The summed E-state index contributed by atoms with van der Waals surface area (Å²) in [7, 11) is 0. The first-order valence-corrected chi connectivity index (χ1v) is 6.97. The van der Waals surface area contributed by atoms with Crippen LogP contribution >= 0.6 is 0 Å². The van der Waals surface area contributed by atoms with Gasteiger partial charge in [0, 0.05) is 11.6 Å². The first-order chi connectivity index (χ1) is 9.34. The number of hydrogen-bond donors (Lipinski definition) is 1. The minimum atomic E-state index is 0.362. The molecule has 0 aromatic heterocycles. The third-order valence-electron chi connectivity index (χ3n) is 4.54. The van der Waals surface area contributed by atoms with E-state index in [0.29, 0.717) is 12.0 Å². The minimum Gasteiger partial charge on any atom is -0.377 e. The number of anilines is 1. The average Bonchev–Trinajstić information content (AvgIpc) is 2.77. The summed E-state index contributed by atoms with van der Waals surface area (Å²) < 4.78 is 0. The first kappa shape index (κ1) is 10.9. The highest BCUT2D eigenvalue weighted by Gasteiger charge is 2.35. The number of para-hydroxylation sites is 1. The molecule has 0 amide bonds. The Morgan fingerprint density at radius 3 is 2.74 bits per heavy atom. The fourth-order valence-electron chi connectivity index (χ4n) is 3.58. The quantitative estimate of drug-likeness (QED) is 0.734. The third kappa shape index (κ3) is 1.54. The average molecular weight is 247 g/mol. The second-order valence-corrected chi connectivity index (χ2v) is 5.54. The molecule has 2 aliphatic rings. The molecule has 0 spiro atoms. The number of fused-ring (bicyclic) bond motifs is 4. The molecule has 1 nitrogen and oxygen atoms in total. The highest BCUT2D eigenvalue weighted by molar-refractivity contribution is 5.78. The Bertz CT molecular complexity index is 656. The SMILES string of the molecule is C=C1c2ccccc2CCC2c3ccccc3NC12. The molecule has 2 atom stereocenters. The smallest absolute Gasteiger partial charge is 0.0583 e. The number of nitrogens with one attached hydrogen (secondary N) is 1. The van der Waals surface area contributed by atoms with E-state index in [1.165, 1.54) is 34.4 Å². The van der Waals surface area contributed by atoms with Crippen molar-refractivity contribution in [3.63, 3.8) is 0 Å². The summed E-state index contributed by atoms with van der Waals surface area (Å²) in [6.07, 6.45) is 2.34. The van der Waals surface area contributed by atoms with Crippen LogP contribution in [0.1, 0.15) is 29.0 Å². The molecule has 0 bridgehead atoms. The van der Waals surface area contributed by atoms with Crippen LogP contribution in [0.2, 0.25) is 0 Å². The Morgan fingerprint density at radius 1 is 1.00 bits per heavy atom. The molecule has 0 saturated heterocycles. The van der Waals surface area contributed by atoms with Gasteiger partial charge in [-0.25, -0.2) is 0 Å². The zero-order valence-electron chi connectivity index (χ0n) is 10.9. The van der Waals surface area contributed by atoms with Gasteiger partial charge in [-0.05, 0) is 41.2 Å². The van der Waals surface area contributed by atoms with Crippen molar-refractivity contribution in [2.75, 3.05) is 5.32 Å². The van der Waals surface area contributed by atoms with Crippen molar-refractivity contribution in [3.8, 4) is 0 Å². The summed E-state index contributed by atoms with van der Waals surface area (Å²) >= 11 is 0. The zero-order valence-corrected chi connectivity index (χ0v) is 10.9. The van der Waals surface area contributed by atoms with Gasteiger partial charge in [0.05, 0.1) is 6.04 Å². The summed E-state index contributed by atoms with van der Waals surface area (Å²) in [4.78, 5) is 0. The predicted molar refractivity (Wildman–Crippen MR) is 80.4 cm³/mol. The summed E-state index contributed by atoms with van der Waals surface area (Å²) in [5, 5.41) is 3.67. The monoisotopic (exact) mass is 247 g/mol. The normalized spacial score (nSPS) is 23.9. The Balaban J connectivity index is 1.81. The molecule has 2 aromatic carbocycles. The van der Waals surface area contributed by atoms with Crippen molar-refractivity contribution < 1.29 is 0 Å². The van der Waals surface area contributed by atoms with Gasteiger partial charge in [-0.2, -0.15) is 0 Å². The topological polar surface area (TPSA) is 12.0 Å². The van der Waals surface area contributed by atoms with Gasteiger partial charge in [0.15, 0.2) is 0 Å². The van der Waals surface area contributed by atoms with Crippen LogP contribution in [0.25, 0.3) is 5.57 Å². The van der Waals surface area contributed by atoms with Crippen molar-refractivity contribution >= 4 is 11.3 Å². The van der Waals surface area contributed by atoms with Crippen LogP contribution in [0.3, 0.4) is 0 Å². The first-order valence-electron chi connectivity index (χ1n) is 6.97. The van der Waals surface area contributed by atoms with Crippen molar-refractivity contribution in [1.82, 2.24) is 0 Å². The van der Waals surface area contributed by atoms with E-state index in [1.54, 1.807) is 0 Å². The van der Waals surface area contributed by atoms with Crippen molar-refractivity contribution in [1.29, 1.82) is 0 Å². The Kier molecular flexibility index (Phi) is 2.28. The van der Waals surface area contributed by atoms with Crippen LogP contribution in [-0.2, 0) is 6.42 Å². The van der Waals surface area contributed by atoms with Crippen molar-refractivity contribution in [2.24, 2.45) is 0 Å². The van der Waals surface area contributed by atoms with Crippen LogP contribution in [0.15, 0.2) is 55.1 Å². The lowest BCUT2D eigenvalue weighted by atomic mass is 9.88. The van der Waals surface area contributed by atoms with Gasteiger partial charge >= 0.3 is 0 Å². The van der Waals surface area contributed by atoms with Gasteiger partial charge in [-0.15, -0.1) is 0 Å². The van der Waals surface area contributed by atoms with E-state index in [9.17, 15) is 0 Å². The van der Waals surface area contributed by atoms with Crippen LogP contribution < -0.4 is 5.32 Å². The van der Waals surface area contributed by atoms with Gasteiger partial charge in [-0.1, -0.05) is 49.0 Å². The molecule has 19 heavy (non-hydrogen) atoms. The summed E-state index contributed by atoms with van der Waals surface area (Å²) in [5.41, 5.74) is 6.78. The second-order valence-electron chi connectivity index (χ2n) is 5.54. The van der Waals surface area contributed by atoms with E-state index < -0.39 is 0 Å². The Hall–Kier alpha value is -2.02. The molecule has 1 heterocycles. The van der Waals surface area contributed by atoms with Crippen LogP contribution in [0.4, 0.5) is 5.69 Å². The summed E-state index contributed by atoms with van der Waals surface area (Å²) in [5.74, 6) is 0.566. The van der Waals surface area contributed by atoms with E-state index in [1.807, 2.05) is 0 Å². The van der Waals surface area contributed by atoms with E-state index in [-0.39, 0.29) is 0 Å². The van der Waals surface area contributed by atoms with E-state index in [4.69, 9.17) is 0 Å². The van der Waals surface area contributed by atoms with E-state index in [2.05, 4.69) is 60.4 Å². The van der Waals surface area contributed by atoms with Gasteiger partial charge in [-0.3, -0.25) is 0 Å². The number of benzene rings is 2. The predicted octanol–water partition coefficient (Wildman–Crippen LogP) is 4.22. The highest BCUT2D eigenvalue weighted by Crippen LogP contribution is 2.45. The summed E-state index contributed by atoms with van der Waals surface area (Å²) in [6, 6.07) is 17.8. The molecule has 4 rings (SSSR count). The van der Waals surface area contributed by atoms with Crippen LogP contribution in [0, 0.1) is 0 Å². The second kappa shape index (κ2) is 3.99. The molecular formula is C18H17N. The lowest BCUT2D eigenvalue weighted by molar-refractivity contribution is 0.636. The van der Waals surface area contributed by atoms with Crippen LogP contribution in [0.5, 0.6) is 0 Å². The number of hydrogen-bond acceptors (Lipinski definition) is 1. The molecule has 1 aliphatic heterocycles. The third-order valence-corrected chi connectivity index (χ3v) is 4.54. The Morgan fingerprint density at radius 2 is 1.79 bits per heavy atom. The van der Waals surface area contributed by atoms with Crippen LogP contribution in [-0.4, -0.2) is 6.04 Å². The molecule has 94 valence electrons. The fourth-order valence-corrected chi connectivity index (χ4v) is 3.58. The standard InChI is InChI=1S/C18H17N/c1-12-14-7-3-2-6-13(14)10-11-16-15-8-4-5-9-17(15)19-18(12)16/h2-9,16,18-19H,1,10-11H2. The van der Waals surface area contributed by atoms with E-state index in [0.717, 1.165) is 6.42 Å². The van der Waals surface area contributed by atoms with Gasteiger partial charge in [0.25, 0.3) is 0 Å². The molecule has 0 fully saturated rings. The molecule has 2 unspecified atom stereocenters. The van der Waals surface area contributed by atoms with Gasteiger partial charge in [0.1, 0.15) is 0 Å². The van der Waals surface area contributed by atoms with Gasteiger partial charge < -0.3 is 5.32 Å². The molecular weight excluding hydrogens is 230 g/mol. The van der Waals surface area contributed by atoms with E-state index >= 15 is 0 Å². The molecule has 1 N–H and O–H groups in total. The maximum atomic E-state index is 4.38. The molecule has 1 aliphatic carbocycles. The molecule has 0 radical (unpaired) electrons. The van der Waals surface area contributed by atoms with Crippen molar-refractivity contribution in [2.45, 2.75) is 24.8 Å². The number of aryl methyl sites for hydroxylation is 1. The lowest BCUT2D eigenvalue weighted by Crippen LogP contribution is -2.20. The molecule has 0 saturated carbocycles.